The number of amides is 3. The first-order chi connectivity index (χ1) is 16.1. The molecule has 0 radical (unpaired) electrons. The van der Waals surface area contributed by atoms with Crippen molar-refractivity contribution in [1.82, 2.24) is 25.2 Å². The average Bonchev–Trinajstić information content (AvgIpc) is 3.25. The summed E-state index contributed by atoms with van der Waals surface area (Å²) in [5.74, 6) is -1.44. The topological polar surface area (TPSA) is 100 Å². The van der Waals surface area contributed by atoms with Crippen LogP contribution in [0.5, 0.6) is 0 Å². The Morgan fingerprint density at radius 2 is 1.88 bits per heavy atom. The molecule has 1 aromatic carbocycles. The number of aryl methyl sites for hydroxylation is 1. The van der Waals surface area contributed by atoms with Gasteiger partial charge in [0.05, 0.1) is 30.9 Å². The lowest BCUT2D eigenvalue weighted by Crippen LogP contribution is -2.52. The third kappa shape index (κ3) is 5.01. The van der Waals surface area contributed by atoms with E-state index in [1.807, 2.05) is 31.2 Å². The van der Waals surface area contributed by atoms with Crippen molar-refractivity contribution in [2.45, 2.75) is 32.1 Å². The Balaban J connectivity index is 1.52. The normalized spacial score (nSPS) is 19.7. The largest absolute Gasteiger partial charge is 0.451 e. The third-order valence-corrected chi connectivity index (χ3v) is 5.64. The minimum atomic E-state index is -4.65. The Labute approximate surface area is 193 Å². The summed E-state index contributed by atoms with van der Waals surface area (Å²) in [5, 5.41) is 8.42. The molecule has 2 aliphatic heterocycles. The van der Waals surface area contributed by atoms with E-state index < -0.39 is 30.1 Å². The zero-order valence-electron chi connectivity index (χ0n) is 18.5. The van der Waals surface area contributed by atoms with Crippen LogP contribution < -0.4 is 5.32 Å². The standard InChI is InChI=1S/C22H23F3N6O3/c1-13-3-5-15(6-4-13)19-17(30-7-8-34-12-18(30)32)11-31(29-19)21(33)28-14(2)16-9-26-20(27-10-16)22(23,24)25/h3-6,9-10,14,17H,7-8,11-12H2,1-2H3,(H,28,33)/t14-,17+/m1/s1. The van der Waals surface area contributed by atoms with Crippen LogP contribution in [-0.2, 0) is 15.7 Å². The molecule has 0 saturated carbocycles. The molecule has 1 saturated heterocycles. The van der Waals surface area contributed by atoms with Crippen molar-refractivity contribution >= 4 is 17.6 Å². The third-order valence-electron chi connectivity index (χ3n) is 5.64. The molecule has 4 rings (SSSR count). The number of morpholine rings is 1. The van der Waals surface area contributed by atoms with Crippen molar-refractivity contribution in [1.29, 1.82) is 0 Å². The molecule has 2 aromatic rings. The van der Waals surface area contributed by atoms with Gasteiger partial charge in [-0.25, -0.2) is 19.8 Å². The summed E-state index contributed by atoms with van der Waals surface area (Å²) in [7, 11) is 0. The Hall–Kier alpha value is -3.54. The molecule has 0 aliphatic carbocycles. The van der Waals surface area contributed by atoms with Crippen molar-refractivity contribution < 1.29 is 27.5 Å². The van der Waals surface area contributed by atoms with E-state index in [0.717, 1.165) is 23.5 Å². The van der Waals surface area contributed by atoms with Gasteiger partial charge in [0.25, 0.3) is 0 Å². The van der Waals surface area contributed by atoms with Crippen molar-refractivity contribution in [2.75, 3.05) is 26.3 Å². The minimum absolute atomic E-state index is 0.0329. The maximum atomic E-state index is 13.0. The second-order valence-electron chi connectivity index (χ2n) is 8.10. The molecule has 180 valence electrons. The van der Waals surface area contributed by atoms with E-state index in [0.29, 0.717) is 24.4 Å². The van der Waals surface area contributed by atoms with Crippen molar-refractivity contribution in [3.63, 3.8) is 0 Å². The predicted octanol–water partition coefficient (Wildman–Crippen LogP) is 2.52. The van der Waals surface area contributed by atoms with Crippen molar-refractivity contribution in [2.24, 2.45) is 5.10 Å². The highest BCUT2D eigenvalue weighted by Crippen LogP contribution is 2.26. The van der Waals surface area contributed by atoms with Crippen molar-refractivity contribution in [3.8, 4) is 0 Å². The number of hydrogen-bond acceptors (Lipinski definition) is 6. The van der Waals surface area contributed by atoms with Gasteiger partial charge in [0.1, 0.15) is 6.61 Å². The first-order valence-corrected chi connectivity index (χ1v) is 10.6. The van der Waals surface area contributed by atoms with Gasteiger partial charge in [-0.15, -0.1) is 0 Å². The average molecular weight is 476 g/mol. The summed E-state index contributed by atoms with van der Waals surface area (Å²) in [4.78, 5) is 33.8. The number of nitrogens with zero attached hydrogens (tertiary/aromatic N) is 5. The highest BCUT2D eigenvalue weighted by atomic mass is 19.4. The molecule has 0 spiro atoms. The fourth-order valence-corrected chi connectivity index (χ4v) is 3.75. The van der Waals surface area contributed by atoms with E-state index >= 15 is 0 Å². The molecule has 34 heavy (non-hydrogen) atoms. The Morgan fingerprint density at radius 3 is 2.50 bits per heavy atom. The first-order valence-electron chi connectivity index (χ1n) is 10.6. The monoisotopic (exact) mass is 476 g/mol. The maximum absolute atomic E-state index is 13.0. The molecule has 2 atom stereocenters. The number of carbonyl (C=O) groups is 2. The van der Waals surface area contributed by atoms with E-state index in [-0.39, 0.29) is 19.1 Å². The number of carbonyl (C=O) groups excluding carboxylic acids is 2. The lowest BCUT2D eigenvalue weighted by molar-refractivity contribution is -0.145. The smallest absolute Gasteiger partial charge is 0.370 e. The van der Waals surface area contributed by atoms with E-state index in [9.17, 15) is 22.8 Å². The summed E-state index contributed by atoms with van der Waals surface area (Å²) in [6.45, 7) is 4.43. The number of ether oxygens (including phenoxy) is 1. The number of benzene rings is 1. The van der Waals surface area contributed by atoms with Crippen LogP contribution in [0.4, 0.5) is 18.0 Å². The van der Waals surface area contributed by atoms with E-state index in [1.54, 1.807) is 11.8 Å². The summed E-state index contributed by atoms with van der Waals surface area (Å²) in [6.07, 6.45) is -2.59. The Morgan fingerprint density at radius 1 is 1.21 bits per heavy atom. The van der Waals surface area contributed by atoms with Crippen LogP contribution >= 0.6 is 0 Å². The van der Waals surface area contributed by atoms with E-state index in [4.69, 9.17) is 4.74 Å². The molecule has 9 nitrogen and oxygen atoms in total. The lowest BCUT2D eigenvalue weighted by Gasteiger charge is -2.33. The van der Waals surface area contributed by atoms with Gasteiger partial charge in [-0.1, -0.05) is 29.8 Å². The number of aromatic nitrogens is 2. The van der Waals surface area contributed by atoms with Crippen LogP contribution in [-0.4, -0.2) is 69.9 Å². The summed E-state index contributed by atoms with van der Waals surface area (Å²) < 4.78 is 43.3. The quantitative estimate of drug-likeness (QED) is 0.731. The number of rotatable bonds is 4. The molecule has 3 heterocycles. The molecular weight excluding hydrogens is 453 g/mol. The van der Waals surface area contributed by atoms with Gasteiger partial charge in [0, 0.05) is 24.5 Å². The van der Waals surface area contributed by atoms with E-state index in [2.05, 4.69) is 20.4 Å². The summed E-state index contributed by atoms with van der Waals surface area (Å²) >= 11 is 0. The maximum Gasteiger partial charge on any atom is 0.451 e. The molecule has 0 bridgehead atoms. The molecular formula is C22H23F3N6O3. The van der Waals surface area contributed by atoms with Crippen molar-refractivity contribution in [3.05, 3.63) is 59.2 Å². The van der Waals surface area contributed by atoms with Gasteiger partial charge in [-0.3, -0.25) is 4.79 Å². The van der Waals surface area contributed by atoms with Gasteiger partial charge in [-0.05, 0) is 19.4 Å². The number of hydrazone groups is 1. The second-order valence-corrected chi connectivity index (χ2v) is 8.10. The minimum Gasteiger partial charge on any atom is -0.370 e. The van der Waals surface area contributed by atoms with Crippen LogP contribution in [0.1, 0.15) is 35.5 Å². The molecule has 12 heteroatoms. The molecule has 1 N–H and O–H groups in total. The van der Waals surface area contributed by atoms with Crippen LogP contribution in [0.25, 0.3) is 0 Å². The van der Waals surface area contributed by atoms with E-state index in [1.165, 1.54) is 5.01 Å². The molecule has 3 amide bonds. The van der Waals surface area contributed by atoms with Gasteiger partial charge in [-0.2, -0.15) is 18.3 Å². The number of nitrogens with one attached hydrogen (secondary N) is 1. The highest BCUT2D eigenvalue weighted by molar-refractivity contribution is 6.08. The van der Waals surface area contributed by atoms with Gasteiger partial charge in [0.2, 0.25) is 11.7 Å². The van der Waals surface area contributed by atoms with Crippen LogP contribution in [0, 0.1) is 6.92 Å². The zero-order chi connectivity index (χ0) is 24.5. The van der Waals surface area contributed by atoms with Gasteiger partial charge < -0.3 is 15.0 Å². The molecule has 2 aliphatic rings. The SMILES string of the molecule is Cc1ccc(C2=NN(C(=O)N[C@H](C)c3cnc(C(F)(F)F)nc3)C[C@@H]2N2CCOCC2=O)cc1. The lowest BCUT2D eigenvalue weighted by atomic mass is 10.0. The fraction of sp³-hybridized carbons (Fsp3) is 0.409. The summed E-state index contributed by atoms with van der Waals surface area (Å²) in [5.41, 5.74) is 2.73. The second kappa shape index (κ2) is 9.37. The Kier molecular flexibility index (Phi) is 6.51. The highest BCUT2D eigenvalue weighted by Gasteiger charge is 2.39. The Bertz CT molecular complexity index is 1090. The molecule has 1 aromatic heterocycles. The number of halogens is 3. The van der Waals surface area contributed by atoms with Gasteiger partial charge >= 0.3 is 12.2 Å². The van der Waals surface area contributed by atoms with Crippen LogP contribution in [0.2, 0.25) is 0 Å². The molecule has 0 unspecified atom stereocenters. The number of urea groups is 1. The number of hydrogen-bond donors (Lipinski definition) is 1. The van der Waals surface area contributed by atoms with Crippen LogP contribution in [0.3, 0.4) is 0 Å². The fourth-order valence-electron chi connectivity index (χ4n) is 3.75. The first kappa shape index (κ1) is 23.6. The number of alkyl halides is 3. The van der Waals surface area contributed by atoms with Gasteiger partial charge in [0.15, 0.2) is 0 Å². The predicted molar refractivity (Wildman–Crippen MR) is 115 cm³/mol. The van der Waals surface area contributed by atoms with Crippen LogP contribution in [0.15, 0.2) is 41.8 Å². The molecule has 1 fully saturated rings. The summed E-state index contributed by atoms with van der Waals surface area (Å²) in [6, 6.07) is 5.94. The zero-order valence-corrected chi connectivity index (χ0v) is 18.5.